The Labute approximate surface area is 105 Å². The lowest BCUT2D eigenvalue weighted by molar-refractivity contribution is 0.425. The molecule has 0 aromatic carbocycles. The van der Waals surface area contributed by atoms with Gasteiger partial charge in [0.05, 0.1) is 0 Å². The Morgan fingerprint density at radius 1 is 1.12 bits per heavy atom. The molecule has 0 aliphatic rings. The van der Waals surface area contributed by atoms with E-state index >= 15 is 0 Å². The molecule has 0 saturated heterocycles. The third-order valence-corrected chi connectivity index (χ3v) is 2.53. The van der Waals surface area contributed by atoms with Crippen LogP contribution < -0.4 is 5.32 Å². The molecule has 0 bridgehead atoms. The van der Waals surface area contributed by atoms with Crippen molar-refractivity contribution in [2.75, 3.05) is 6.54 Å². The average Bonchev–Trinajstić information content (AvgIpc) is 2.45. The van der Waals surface area contributed by atoms with E-state index in [-0.39, 0.29) is 11.0 Å². The van der Waals surface area contributed by atoms with E-state index in [4.69, 9.17) is 0 Å². The maximum absolute atomic E-state index is 4.61. The van der Waals surface area contributed by atoms with Crippen molar-refractivity contribution in [2.45, 2.75) is 58.9 Å². The number of aryl methyl sites for hydroxylation is 1. The van der Waals surface area contributed by atoms with Crippen molar-refractivity contribution in [3.63, 3.8) is 0 Å². The highest BCUT2D eigenvalue weighted by atomic mass is 15.3. The second-order valence-corrected chi connectivity index (χ2v) is 6.65. The third-order valence-electron chi connectivity index (χ3n) is 2.53. The third kappa shape index (κ3) is 4.46. The highest BCUT2D eigenvalue weighted by molar-refractivity contribution is 5.03. The van der Waals surface area contributed by atoms with Gasteiger partial charge < -0.3 is 5.32 Å². The Balaban J connectivity index is 2.64. The van der Waals surface area contributed by atoms with Gasteiger partial charge in [-0.15, -0.1) is 0 Å². The standard InChI is InChI=1S/C13H26N4/c1-12(2,3)11-15-10(17(7)16-11)8-9-14-13(4,5)6/h14H,8-9H2,1-7H3. The molecule has 1 rings (SSSR count). The number of nitrogens with zero attached hydrogens (tertiary/aromatic N) is 3. The zero-order valence-corrected chi connectivity index (χ0v) is 12.3. The summed E-state index contributed by atoms with van der Waals surface area (Å²) in [5.41, 5.74) is 0.179. The summed E-state index contributed by atoms with van der Waals surface area (Å²) in [7, 11) is 1.97. The molecule has 0 atom stereocenters. The van der Waals surface area contributed by atoms with Crippen LogP contribution in [0.3, 0.4) is 0 Å². The molecule has 4 nitrogen and oxygen atoms in total. The number of rotatable bonds is 3. The second kappa shape index (κ2) is 4.77. The minimum absolute atomic E-state index is 0.0213. The molecule has 0 aliphatic carbocycles. The molecule has 0 aliphatic heterocycles. The van der Waals surface area contributed by atoms with Gasteiger partial charge in [-0.25, -0.2) is 4.98 Å². The van der Waals surface area contributed by atoms with Crippen LogP contribution in [0.2, 0.25) is 0 Å². The normalized spacial score (nSPS) is 13.1. The van der Waals surface area contributed by atoms with Crippen molar-refractivity contribution >= 4 is 0 Å². The van der Waals surface area contributed by atoms with E-state index in [1.165, 1.54) is 0 Å². The summed E-state index contributed by atoms with van der Waals surface area (Å²) in [4.78, 5) is 4.61. The van der Waals surface area contributed by atoms with E-state index in [0.29, 0.717) is 0 Å². The molecule has 0 amide bonds. The van der Waals surface area contributed by atoms with Crippen molar-refractivity contribution in [3.8, 4) is 0 Å². The van der Waals surface area contributed by atoms with Gasteiger partial charge in [0, 0.05) is 31.0 Å². The minimum Gasteiger partial charge on any atom is -0.312 e. The minimum atomic E-state index is 0.0213. The molecule has 0 fully saturated rings. The van der Waals surface area contributed by atoms with Crippen LogP contribution in [0.15, 0.2) is 0 Å². The van der Waals surface area contributed by atoms with Gasteiger partial charge in [-0.1, -0.05) is 20.8 Å². The summed E-state index contributed by atoms with van der Waals surface area (Å²) < 4.78 is 1.89. The van der Waals surface area contributed by atoms with Crippen LogP contribution in [-0.4, -0.2) is 26.8 Å². The van der Waals surface area contributed by atoms with Gasteiger partial charge in [-0.05, 0) is 20.8 Å². The number of aromatic nitrogens is 3. The van der Waals surface area contributed by atoms with Gasteiger partial charge in [0.25, 0.3) is 0 Å². The van der Waals surface area contributed by atoms with Crippen molar-refractivity contribution in [2.24, 2.45) is 7.05 Å². The predicted molar refractivity (Wildman–Crippen MR) is 71.2 cm³/mol. The van der Waals surface area contributed by atoms with Crippen LogP contribution in [0.1, 0.15) is 53.2 Å². The van der Waals surface area contributed by atoms with Crippen LogP contribution in [0.4, 0.5) is 0 Å². The topological polar surface area (TPSA) is 42.7 Å². The van der Waals surface area contributed by atoms with E-state index in [9.17, 15) is 0 Å². The fraction of sp³-hybridized carbons (Fsp3) is 0.846. The lowest BCUT2D eigenvalue weighted by Gasteiger charge is -2.20. The molecule has 0 unspecified atom stereocenters. The smallest absolute Gasteiger partial charge is 0.156 e. The molecule has 98 valence electrons. The lowest BCUT2D eigenvalue weighted by Crippen LogP contribution is -2.37. The molecule has 4 heteroatoms. The number of nitrogens with one attached hydrogen (secondary N) is 1. The van der Waals surface area contributed by atoms with Crippen molar-refractivity contribution in [3.05, 3.63) is 11.6 Å². The maximum Gasteiger partial charge on any atom is 0.156 e. The maximum atomic E-state index is 4.61. The summed E-state index contributed by atoms with van der Waals surface area (Å²) in [6.45, 7) is 13.9. The average molecular weight is 238 g/mol. The van der Waals surface area contributed by atoms with Crippen LogP contribution in [0.25, 0.3) is 0 Å². The van der Waals surface area contributed by atoms with Crippen molar-refractivity contribution in [1.82, 2.24) is 20.1 Å². The fourth-order valence-electron chi connectivity index (χ4n) is 1.50. The molecular formula is C13H26N4. The van der Waals surface area contributed by atoms with Crippen LogP contribution >= 0.6 is 0 Å². The molecular weight excluding hydrogens is 212 g/mol. The molecule has 0 saturated carbocycles. The first-order chi connectivity index (χ1) is 7.59. The van der Waals surface area contributed by atoms with Gasteiger partial charge in [0.2, 0.25) is 0 Å². The Kier molecular flexibility index (Phi) is 3.97. The monoisotopic (exact) mass is 238 g/mol. The first kappa shape index (κ1) is 14.2. The number of hydrogen-bond acceptors (Lipinski definition) is 3. The Bertz CT molecular complexity index is 366. The second-order valence-electron chi connectivity index (χ2n) is 6.65. The van der Waals surface area contributed by atoms with Gasteiger partial charge in [0.15, 0.2) is 5.82 Å². The van der Waals surface area contributed by atoms with E-state index < -0.39 is 0 Å². The van der Waals surface area contributed by atoms with E-state index in [0.717, 1.165) is 24.6 Å². The molecule has 1 aromatic heterocycles. The first-order valence-corrected chi connectivity index (χ1v) is 6.25. The van der Waals surface area contributed by atoms with Crippen LogP contribution in [0, 0.1) is 0 Å². The quantitative estimate of drug-likeness (QED) is 0.876. The molecule has 1 aromatic rings. The molecule has 1 heterocycles. The summed E-state index contributed by atoms with van der Waals surface area (Å²) in [6.07, 6.45) is 0.914. The summed E-state index contributed by atoms with van der Waals surface area (Å²) >= 11 is 0. The zero-order chi connectivity index (χ0) is 13.3. The summed E-state index contributed by atoms with van der Waals surface area (Å²) in [5, 5.41) is 7.94. The van der Waals surface area contributed by atoms with Crippen molar-refractivity contribution < 1.29 is 0 Å². The highest BCUT2D eigenvalue weighted by Crippen LogP contribution is 2.18. The van der Waals surface area contributed by atoms with Crippen LogP contribution in [-0.2, 0) is 18.9 Å². The van der Waals surface area contributed by atoms with E-state index in [2.05, 4.69) is 56.9 Å². The SMILES string of the molecule is Cn1nc(C(C)(C)C)nc1CCNC(C)(C)C. The zero-order valence-electron chi connectivity index (χ0n) is 12.3. The highest BCUT2D eigenvalue weighted by Gasteiger charge is 2.20. The Morgan fingerprint density at radius 2 is 1.71 bits per heavy atom. The van der Waals surface area contributed by atoms with Gasteiger partial charge >= 0.3 is 0 Å². The summed E-state index contributed by atoms with van der Waals surface area (Å²) in [5.74, 6) is 1.97. The Hall–Kier alpha value is -0.900. The van der Waals surface area contributed by atoms with Crippen molar-refractivity contribution in [1.29, 1.82) is 0 Å². The van der Waals surface area contributed by atoms with Gasteiger partial charge in [-0.3, -0.25) is 4.68 Å². The molecule has 0 radical (unpaired) electrons. The fourth-order valence-corrected chi connectivity index (χ4v) is 1.50. The van der Waals surface area contributed by atoms with E-state index in [1.807, 2.05) is 11.7 Å². The van der Waals surface area contributed by atoms with Gasteiger partial charge in [0.1, 0.15) is 5.82 Å². The lowest BCUT2D eigenvalue weighted by atomic mass is 9.96. The summed E-state index contributed by atoms with van der Waals surface area (Å²) in [6, 6.07) is 0. The molecule has 17 heavy (non-hydrogen) atoms. The number of hydrogen-bond donors (Lipinski definition) is 1. The van der Waals surface area contributed by atoms with E-state index in [1.54, 1.807) is 0 Å². The first-order valence-electron chi connectivity index (χ1n) is 6.25. The largest absolute Gasteiger partial charge is 0.312 e. The molecule has 0 spiro atoms. The van der Waals surface area contributed by atoms with Gasteiger partial charge in [-0.2, -0.15) is 5.10 Å². The molecule has 1 N–H and O–H groups in total. The Morgan fingerprint density at radius 3 is 2.12 bits per heavy atom. The van der Waals surface area contributed by atoms with Crippen LogP contribution in [0.5, 0.6) is 0 Å². The predicted octanol–water partition coefficient (Wildman–Crippen LogP) is 2.04.